The highest BCUT2D eigenvalue weighted by Crippen LogP contribution is 2.19. The van der Waals surface area contributed by atoms with Gasteiger partial charge in [0.25, 0.3) is 5.91 Å². The lowest BCUT2D eigenvalue weighted by atomic mass is 10.3. The first kappa shape index (κ1) is 12.9. The van der Waals surface area contributed by atoms with Gasteiger partial charge in [-0.05, 0) is 25.1 Å². The van der Waals surface area contributed by atoms with E-state index in [-0.39, 0.29) is 5.91 Å². The third kappa shape index (κ3) is 3.45. The minimum atomic E-state index is -0.618. The molecule has 2 rings (SSSR count). The SMILES string of the molecule is C[C@H](Oc1cccc(Cl)c1)C(=O)Nc1nccs1. The molecule has 94 valence electrons. The van der Waals surface area contributed by atoms with Crippen LogP contribution in [0.15, 0.2) is 35.8 Å². The van der Waals surface area contributed by atoms with E-state index >= 15 is 0 Å². The van der Waals surface area contributed by atoms with E-state index in [0.29, 0.717) is 15.9 Å². The lowest BCUT2D eigenvalue weighted by Gasteiger charge is -2.13. The van der Waals surface area contributed by atoms with Crippen molar-refractivity contribution in [3.05, 3.63) is 40.9 Å². The molecule has 0 spiro atoms. The molecule has 1 heterocycles. The normalized spacial score (nSPS) is 11.9. The number of hydrogen-bond acceptors (Lipinski definition) is 4. The van der Waals surface area contributed by atoms with Gasteiger partial charge in [-0.2, -0.15) is 0 Å². The molecule has 0 aliphatic carbocycles. The van der Waals surface area contributed by atoms with Crippen LogP contribution in [-0.2, 0) is 4.79 Å². The second kappa shape index (κ2) is 5.84. The Labute approximate surface area is 114 Å². The Balaban J connectivity index is 1.95. The summed E-state index contributed by atoms with van der Waals surface area (Å²) in [6, 6.07) is 6.92. The summed E-state index contributed by atoms with van der Waals surface area (Å²) in [5.74, 6) is 0.314. The summed E-state index contributed by atoms with van der Waals surface area (Å²) in [6.07, 6.45) is 1.01. The van der Waals surface area contributed by atoms with Gasteiger partial charge in [-0.15, -0.1) is 11.3 Å². The third-order valence-electron chi connectivity index (χ3n) is 2.14. The highest BCUT2D eigenvalue weighted by molar-refractivity contribution is 7.13. The van der Waals surface area contributed by atoms with Gasteiger partial charge in [0.1, 0.15) is 5.75 Å². The average molecular weight is 283 g/mol. The van der Waals surface area contributed by atoms with Gasteiger partial charge in [-0.3, -0.25) is 10.1 Å². The van der Waals surface area contributed by atoms with Gasteiger partial charge in [-0.25, -0.2) is 4.98 Å². The molecule has 1 amide bonds. The summed E-state index contributed by atoms with van der Waals surface area (Å²) in [4.78, 5) is 15.8. The molecule has 1 aromatic carbocycles. The second-order valence-electron chi connectivity index (χ2n) is 3.54. The van der Waals surface area contributed by atoms with Crippen LogP contribution in [0.5, 0.6) is 5.75 Å². The van der Waals surface area contributed by atoms with E-state index in [1.54, 1.807) is 42.8 Å². The number of rotatable bonds is 4. The molecule has 0 saturated carbocycles. The summed E-state index contributed by atoms with van der Waals surface area (Å²) >= 11 is 7.19. The fourth-order valence-electron chi connectivity index (χ4n) is 1.29. The predicted molar refractivity (Wildman–Crippen MR) is 72.3 cm³/mol. The first-order valence-electron chi connectivity index (χ1n) is 5.28. The number of thiazole rings is 1. The van der Waals surface area contributed by atoms with E-state index in [1.165, 1.54) is 11.3 Å². The summed E-state index contributed by atoms with van der Waals surface area (Å²) in [7, 11) is 0. The number of carbonyl (C=O) groups is 1. The molecular formula is C12H11ClN2O2S. The minimum Gasteiger partial charge on any atom is -0.481 e. The fourth-order valence-corrected chi connectivity index (χ4v) is 2.00. The molecule has 0 unspecified atom stereocenters. The van der Waals surface area contributed by atoms with Crippen LogP contribution in [-0.4, -0.2) is 17.0 Å². The van der Waals surface area contributed by atoms with E-state index < -0.39 is 6.10 Å². The van der Waals surface area contributed by atoms with Crippen LogP contribution < -0.4 is 10.1 Å². The number of nitrogens with one attached hydrogen (secondary N) is 1. The van der Waals surface area contributed by atoms with Crippen LogP contribution in [0.4, 0.5) is 5.13 Å². The summed E-state index contributed by atoms with van der Waals surface area (Å²) < 4.78 is 5.49. The van der Waals surface area contributed by atoms with Gasteiger partial charge in [0.15, 0.2) is 11.2 Å². The van der Waals surface area contributed by atoms with E-state index in [0.717, 1.165) is 0 Å². The molecule has 0 radical (unpaired) electrons. The number of amides is 1. The maximum atomic E-state index is 11.8. The van der Waals surface area contributed by atoms with E-state index in [1.807, 2.05) is 0 Å². The Bertz CT molecular complexity index is 531. The molecule has 0 aliphatic rings. The Morgan fingerprint density at radius 3 is 3.06 bits per heavy atom. The summed E-state index contributed by atoms with van der Waals surface area (Å²) in [5, 5.41) is 5.58. The highest BCUT2D eigenvalue weighted by Gasteiger charge is 2.15. The fraction of sp³-hybridized carbons (Fsp3) is 0.167. The van der Waals surface area contributed by atoms with Crippen molar-refractivity contribution in [2.24, 2.45) is 0 Å². The third-order valence-corrected chi connectivity index (χ3v) is 3.06. The molecule has 1 N–H and O–H groups in total. The van der Waals surface area contributed by atoms with Crippen molar-refractivity contribution in [3.63, 3.8) is 0 Å². The standard InChI is InChI=1S/C12H11ClN2O2S/c1-8(11(16)15-12-14-5-6-18-12)17-10-4-2-3-9(13)7-10/h2-8H,1H3,(H,14,15,16)/t8-/m0/s1. The second-order valence-corrected chi connectivity index (χ2v) is 4.87. The van der Waals surface area contributed by atoms with Gasteiger partial charge in [0.2, 0.25) is 0 Å². The van der Waals surface area contributed by atoms with E-state index in [9.17, 15) is 4.79 Å². The molecule has 0 bridgehead atoms. The zero-order chi connectivity index (χ0) is 13.0. The van der Waals surface area contributed by atoms with Crippen molar-refractivity contribution in [2.75, 3.05) is 5.32 Å². The zero-order valence-corrected chi connectivity index (χ0v) is 11.2. The van der Waals surface area contributed by atoms with Crippen molar-refractivity contribution < 1.29 is 9.53 Å². The number of nitrogens with zero attached hydrogens (tertiary/aromatic N) is 1. The van der Waals surface area contributed by atoms with Crippen molar-refractivity contribution in [1.29, 1.82) is 0 Å². The van der Waals surface area contributed by atoms with Crippen LogP contribution >= 0.6 is 22.9 Å². The number of hydrogen-bond donors (Lipinski definition) is 1. The molecule has 0 fully saturated rings. The van der Waals surface area contributed by atoms with Crippen LogP contribution in [0.2, 0.25) is 5.02 Å². The Hall–Kier alpha value is -1.59. The lowest BCUT2D eigenvalue weighted by Crippen LogP contribution is -2.30. The molecule has 18 heavy (non-hydrogen) atoms. The van der Waals surface area contributed by atoms with Crippen LogP contribution in [0, 0.1) is 0 Å². The van der Waals surface area contributed by atoms with E-state index in [2.05, 4.69) is 10.3 Å². The molecule has 1 atom stereocenters. The lowest BCUT2D eigenvalue weighted by molar-refractivity contribution is -0.122. The van der Waals surface area contributed by atoms with Gasteiger partial charge < -0.3 is 4.74 Å². The van der Waals surface area contributed by atoms with Gasteiger partial charge >= 0.3 is 0 Å². The maximum Gasteiger partial charge on any atom is 0.266 e. The number of carbonyl (C=O) groups excluding carboxylic acids is 1. The molecule has 2 aromatic rings. The minimum absolute atomic E-state index is 0.245. The summed E-state index contributed by atoms with van der Waals surface area (Å²) in [6.45, 7) is 1.67. The number of anilines is 1. The van der Waals surface area contributed by atoms with E-state index in [4.69, 9.17) is 16.3 Å². The van der Waals surface area contributed by atoms with Crippen molar-refractivity contribution in [3.8, 4) is 5.75 Å². The van der Waals surface area contributed by atoms with Crippen LogP contribution in [0.3, 0.4) is 0 Å². The van der Waals surface area contributed by atoms with Gasteiger partial charge in [0, 0.05) is 16.6 Å². The smallest absolute Gasteiger partial charge is 0.266 e. The van der Waals surface area contributed by atoms with Crippen molar-refractivity contribution in [2.45, 2.75) is 13.0 Å². The van der Waals surface area contributed by atoms with Gasteiger partial charge in [-0.1, -0.05) is 17.7 Å². The molecule has 0 saturated heterocycles. The largest absolute Gasteiger partial charge is 0.481 e. The number of benzene rings is 1. The average Bonchev–Trinajstić information content (AvgIpc) is 2.81. The zero-order valence-electron chi connectivity index (χ0n) is 9.59. The Kier molecular flexibility index (Phi) is 4.17. The first-order valence-corrected chi connectivity index (χ1v) is 6.53. The molecule has 6 heteroatoms. The highest BCUT2D eigenvalue weighted by atomic mass is 35.5. The van der Waals surface area contributed by atoms with Crippen LogP contribution in [0.1, 0.15) is 6.92 Å². The molecular weight excluding hydrogens is 272 g/mol. The maximum absolute atomic E-state index is 11.8. The molecule has 1 aromatic heterocycles. The topological polar surface area (TPSA) is 51.2 Å². The van der Waals surface area contributed by atoms with Crippen molar-refractivity contribution >= 4 is 34.0 Å². The Morgan fingerprint density at radius 2 is 2.39 bits per heavy atom. The Morgan fingerprint density at radius 1 is 1.56 bits per heavy atom. The predicted octanol–water partition coefficient (Wildman–Crippen LogP) is 3.20. The first-order chi connectivity index (χ1) is 8.65. The molecule has 0 aliphatic heterocycles. The number of ether oxygens (including phenoxy) is 1. The number of halogens is 1. The van der Waals surface area contributed by atoms with Crippen LogP contribution in [0.25, 0.3) is 0 Å². The van der Waals surface area contributed by atoms with Crippen molar-refractivity contribution in [1.82, 2.24) is 4.98 Å². The molecule has 4 nitrogen and oxygen atoms in total. The van der Waals surface area contributed by atoms with Gasteiger partial charge in [0.05, 0.1) is 0 Å². The monoisotopic (exact) mass is 282 g/mol. The summed E-state index contributed by atoms with van der Waals surface area (Å²) in [5.41, 5.74) is 0. The number of aromatic nitrogens is 1. The quantitative estimate of drug-likeness (QED) is 0.937.